The normalized spacial score (nSPS) is 17.3. The van der Waals surface area contributed by atoms with Gasteiger partial charge in [-0.1, -0.05) is 12.1 Å². The minimum atomic E-state index is -1.16. The first-order chi connectivity index (χ1) is 12.3. The second-order valence-electron chi connectivity index (χ2n) is 7.43. The summed E-state index contributed by atoms with van der Waals surface area (Å²) in [5, 5.41) is 10.4. The number of carbonyl (C=O) groups excluding carboxylic acids is 3. The molecule has 142 valence electrons. The summed E-state index contributed by atoms with van der Waals surface area (Å²) in [6.07, 6.45) is 3.22. The van der Waals surface area contributed by atoms with Crippen molar-refractivity contribution < 1.29 is 24.2 Å². The van der Waals surface area contributed by atoms with Gasteiger partial charge in [0.05, 0.1) is 18.6 Å². The molecule has 1 N–H and O–H groups in total. The Kier molecular flexibility index (Phi) is 7.09. The van der Waals surface area contributed by atoms with Crippen LogP contribution in [-0.4, -0.2) is 35.2 Å². The van der Waals surface area contributed by atoms with Crippen LogP contribution in [0.2, 0.25) is 0 Å². The molecule has 1 aliphatic rings. The van der Waals surface area contributed by atoms with E-state index in [2.05, 4.69) is 0 Å². The van der Waals surface area contributed by atoms with Crippen molar-refractivity contribution in [2.75, 3.05) is 7.11 Å². The fourth-order valence-corrected chi connectivity index (χ4v) is 3.40. The van der Waals surface area contributed by atoms with Gasteiger partial charge in [0.1, 0.15) is 23.1 Å². The van der Waals surface area contributed by atoms with E-state index >= 15 is 0 Å². The van der Waals surface area contributed by atoms with Crippen molar-refractivity contribution in [2.24, 2.45) is 5.92 Å². The number of ketones is 3. The molecule has 0 heterocycles. The first-order valence-electron chi connectivity index (χ1n) is 9.23. The molecule has 0 saturated heterocycles. The Labute approximate surface area is 154 Å². The molecular weight excluding hydrogens is 332 g/mol. The van der Waals surface area contributed by atoms with Gasteiger partial charge in [0.2, 0.25) is 0 Å². The molecule has 1 aromatic carbocycles. The molecule has 1 atom stereocenters. The summed E-state index contributed by atoms with van der Waals surface area (Å²) in [4.78, 5) is 35.5. The fraction of sp³-hybridized carbons (Fsp3) is 0.571. The number of rotatable bonds is 10. The van der Waals surface area contributed by atoms with E-state index < -0.39 is 11.5 Å². The predicted octanol–water partition coefficient (Wildman–Crippen LogP) is 3.06. The van der Waals surface area contributed by atoms with Gasteiger partial charge >= 0.3 is 0 Å². The summed E-state index contributed by atoms with van der Waals surface area (Å²) in [7, 11) is 1.63. The predicted molar refractivity (Wildman–Crippen MR) is 98.2 cm³/mol. The van der Waals surface area contributed by atoms with Gasteiger partial charge in [-0.15, -0.1) is 0 Å². The molecule has 0 aromatic heterocycles. The number of methoxy groups -OCH3 is 1. The summed E-state index contributed by atoms with van der Waals surface area (Å²) >= 11 is 0. The van der Waals surface area contributed by atoms with Crippen LogP contribution in [0.3, 0.4) is 0 Å². The number of hydrogen-bond donors (Lipinski definition) is 1. The molecule has 1 aromatic rings. The van der Waals surface area contributed by atoms with Gasteiger partial charge in [-0.2, -0.15) is 0 Å². The van der Waals surface area contributed by atoms with Gasteiger partial charge < -0.3 is 9.84 Å². The molecule has 5 heteroatoms. The summed E-state index contributed by atoms with van der Waals surface area (Å²) in [6.45, 7) is 1.61. The van der Waals surface area contributed by atoms with Crippen molar-refractivity contribution in [3.05, 3.63) is 29.8 Å². The minimum Gasteiger partial charge on any atom is -0.497 e. The number of hydrogen-bond acceptors (Lipinski definition) is 5. The van der Waals surface area contributed by atoms with Crippen LogP contribution in [0.1, 0.15) is 57.4 Å². The smallest absolute Gasteiger partial charge is 0.143 e. The maximum Gasteiger partial charge on any atom is 0.143 e. The standard InChI is InChI=1S/C21H28O5/c1-21(25,14-18-19(23)9-10-20(18)24)12-11-16(22)7-3-5-15-6-4-8-17(13-15)26-2/h4,6,8,13,18,25H,3,5,7,9-12,14H2,1-2H3. The van der Waals surface area contributed by atoms with Crippen LogP contribution < -0.4 is 4.74 Å². The number of aryl methyl sites for hydroxylation is 1. The Hall–Kier alpha value is -2.01. The molecule has 0 amide bonds. The van der Waals surface area contributed by atoms with Crippen molar-refractivity contribution in [2.45, 2.75) is 63.9 Å². The van der Waals surface area contributed by atoms with Gasteiger partial charge in [-0.05, 0) is 50.3 Å². The first-order valence-corrected chi connectivity index (χ1v) is 9.23. The molecule has 0 radical (unpaired) electrons. The topological polar surface area (TPSA) is 80.7 Å². The summed E-state index contributed by atoms with van der Waals surface area (Å²) in [5.74, 6) is 0.0473. The summed E-state index contributed by atoms with van der Waals surface area (Å²) < 4.78 is 5.19. The average molecular weight is 360 g/mol. The van der Waals surface area contributed by atoms with Gasteiger partial charge in [0, 0.05) is 25.7 Å². The molecule has 5 nitrogen and oxygen atoms in total. The lowest BCUT2D eigenvalue weighted by Crippen LogP contribution is -2.32. The van der Waals surface area contributed by atoms with Crippen LogP contribution >= 0.6 is 0 Å². The Morgan fingerprint density at radius 2 is 1.92 bits per heavy atom. The van der Waals surface area contributed by atoms with Crippen LogP contribution in [0.25, 0.3) is 0 Å². The lowest BCUT2D eigenvalue weighted by Gasteiger charge is -2.25. The third kappa shape index (κ3) is 6.06. The van der Waals surface area contributed by atoms with Crippen LogP contribution in [0.4, 0.5) is 0 Å². The maximum atomic E-state index is 12.1. The zero-order chi connectivity index (χ0) is 19.2. The number of benzene rings is 1. The molecule has 1 unspecified atom stereocenters. The molecule has 0 aliphatic heterocycles. The lowest BCUT2D eigenvalue weighted by molar-refractivity contribution is -0.130. The van der Waals surface area contributed by atoms with Gasteiger partial charge in [0.25, 0.3) is 0 Å². The number of aliphatic hydroxyl groups is 1. The molecule has 0 bridgehead atoms. The second kappa shape index (κ2) is 9.08. The van der Waals surface area contributed by atoms with Crippen molar-refractivity contribution in [3.8, 4) is 5.75 Å². The monoisotopic (exact) mass is 360 g/mol. The Morgan fingerprint density at radius 3 is 2.58 bits per heavy atom. The zero-order valence-electron chi connectivity index (χ0n) is 15.6. The molecule has 2 rings (SSSR count). The lowest BCUT2D eigenvalue weighted by atomic mass is 9.85. The Morgan fingerprint density at radius 1 is 1.23 bits per heavy atom. The highest BCUT2D eigenvalue weighted by molar-refractivity contribution is 6.08. The van der Waals surface area contributed by atoms with Gasteiger partial charge in [0.15, 0.2) is 0 Å². The molecule has 1 saturated carbocycles. The SMILES string of the molecule is COc1cccc(CCCC(=O)CCC(C)(O)CC2C(=O)CCC2=O)c1. The van der Waals surface area contributed by atoms with E-state index in [1.54, 1.807) is 14.0 Å². The van der Waals surface area contributed by atoms with Gasteiger partial charge in [-0.25, -0.2) is 0 Å². The van der Waals surface area contributed by atoms with E-state index in [4.69, 9.17) is 4.74 Å². The number of Topliss-reactive ketones (excluding diaryl/α,β-unsaturated/α-hetero) is 3. The van der Waals surface area contributed by atoms with Crippen molar-refractivity contribution in [3.63, 3.8) is 0 Å². The van der Waals surface area contributed by atoms with E-state index in [-0.39, 0.29) is 49.5 Å². The summed E-state index contributed by atoms with van der Waals surface area (Å²) in [5.41, 5.74) is -0.0367. The van der Waals surface area contributed by atoms with Gasteiger partial charge in [-0.3, -0.25) is 14.4 Å². The van der Waals surface area contributed by atoms with E-state index in [9.17, 15) is 19.5 Å². The van der Waals surface area contributed by atoms with Crippen molar-refractivity contribution >= 4 is 17.3 Å². The van der Waals surface area contributed by atoms with Crippen molar-refractivity contribution in [1.82, 2.24) is 0 Å². The highest BCUT2D eigenvalue weighted by Gasteiger charge is 2.38. The third-order valence-electron chi connectivity index (χ3n) is 5.04. The van der Waals surface area contributed by atoms with Crippen LogP contribution in [0, 0.1) is 5.92 Å². The van der Waals surface area contributed by atoms with E-state index in [1.165, 1.54) is 0 Å². The quantitative estimate of drug-likeness (QED) is 0.649. The van der Waals surface area contributed by atoms with Crippen LogP contribution in [-0.2, 0) is 20.8 Å². The zero-order valence-corrected chi connectivity index (χ0v) is 15.6. The largest absolute Gasteiger partial charge is 0.497 e. The summed E-state index contributed by atoms with van der Waals surface area (Å²) in [6, 6.07) is 7.79. The average Bonchev–Trinajstić information content (AvgIpc) is 2.92. The second-order valence-corrected chi connectivity index (χ2v) is 7.43. The molecule has 1 aliphatic carbocycles. The number of carbonyl (C=O) groups is 3. The van der Waals surface area contributed by atoms with E-state index in [0.29, 0.717) is 6.42 Å². The minimum absolute atomic E-state index is 0.0834. The van der Waals surface area contributed by atoms with Crippen LogP contribution in [0.15, 0.2) is 24.3 Å². The maximum absolute atomic E-state index is 12.1. The van der Waals surface area contributed by atoms with E-state index in [0.717, 1.165) is 24.2 Å². The third-order valence-corrected chi connectivity index (χ3v) is 5.04. The molecule has 26 heavy (non-hydrogen) atoms. The van der Waals surface area contributed by atoms with Crippen LogP contribution in [0.5, 0.6) is 5.75 Å². The van der Waals surface area contributed by atoms with E-state index in [1.807, 2.05) is 24.3 Å². The highest BCUT2D eigenvalue weighted by atomic mass is 16.5. The fourth-order valence-electron chi connectivity index (χ4n) is 3.40. The molecule has 1 fully saturated rings. The Bertz CT molecular complexity index is 646. The molecule has 0 spiro atoms. The highest BCUT2D eigenvalue weighted by Crippen LogP contribution is 2.29. The Balaban J connectivity index is 1.71. The number of ether oxygens (including phenoxy) is 1. The van der Waals surface area contributed by atoms with Crippen molar-refractivity contribution in [1.29, 1.82) is 0 Å². The first kappa shape index (κ1) is 20.3. The molecular formula is C21H28O5.